The number of nitrogens with two attached hydrogens (primary N) is 1. The molecule has 4 fully saturated rings. The van der Waals surface area contributed by atoms with Gasteiger partial charge >= 0.3 is 0 Å². The molecule has 0 radical (unpaired) electrons. The van der Waals surface area contributed by atoms with Crippen molar-refractivity contribution in [1.82, 2.24) is 4.98 Å². The summed E-state index contributed by atoms with van der Waals surface area (Å²) in [6, 6.07) is 0. The molecule has 0 spiro atoms. The van der Waals surface area contributed by atoms with Gasteiger partial charge in [0.05, 0.1) is 0 Å². The molecule has 17 heavy (non-hydrogen) atoms. The molecule has 0 saturated heterocycles. The number of H-pyrrole nitrogens is 1. The van der Waals surface area contributed by atoms with Crippen LogP contribution in [0.1, 0.15) is 49.7 Å². The second-order valence-electron chi connectivity index (χ2n) is 6.80. The van der Waals surface area contributed by atoms with Crippen LogP contribution in [0, 0.1) is 17.8 Å². The molecule has 4 bridgehead atoms. The van der Waals surface area contributed by atoms with Crippen molar-refractivity contribution in [3.05, 3.63) is 23.5 Å². The van der Waals surface area contributed by atoms with E-state index in [1.54, 1.807) is 5.56 Å². The molecule has 0 unspecified atom stereocenters. The third-order valence-electron chi connectivity index (χ3n) is 5.66. The van der Waals surface area contributed by atoms with Crippen LogP contribution < -0.4 is 5.73 Å². The summed E-state index contributed by atoms with van der Waals surface area (Å²) in [6.45, 7) is 0.695. The van der Waals surface area contributed by atoms with Crippen LogP contribution >= 0.6 is 0 Å². The van der Waals surface area contributed by atoms with Crippen LogP contribution in [0.4, 0.5) is 0 Å². The third kappa shape index (κ3) is 1.36. The van der Waals surface area contributed by atoms with Crippen molar-refractivity contribution in [2.75, 3.05) is 0 Å². The molecule has 0 aliphatic heterocycles. The normalized spacial score (nSPS) is 43.2. The Morgan fingerprint density at radius 1 is 1.06 bits per heavy atom. The second-order valence-corrected chi connectivity index (χ2v) is 6.80. The van der Waals surface area contributed by atoms with E-state index in [1.807, 2.05) is 0 Å². The van der Waals surface area contributed by atoms with Crippen molar-refractivity contribution in [3.63, 3.8) is 0 Å². The Morgan fingerprint density at radius 3 is 2.18 bits per heavy atom. The summed E-state index contributed by atoms with van der Waals surface area (Å²) in [5.41, 5.74) is 9.33. The summed E-state index contributed by atoms with van der Waals surface area (Å²) >= 11 is 0. The molecule has 3 N–H and O–H groups in total. The zero-order chi connectivity index (χ0) is 11.5. The molecule has 92 valence electrons. The molecular formula is C15H22N2. The minimum atomic E-state index is 0.503. The lowest BCUT2D eigenvalue weighted by molar-refractivity contribution is -0.00548. The van der Waals surface area contributed by atoms with E-state index in [0.29, 0.717) is 12.0 Å². The van der Waals surface area contributed by atoms with Gasteiger partial charge in [0.25, 0.3) is 0 Å². The van der Waals surface area contributed by atoms with Gasteiger partial charge in [0.15, 0.2) is 0 Å². The molecule has 4 aliphatic rings. The number of rotatable bonds is 2. The summed E-state index contributed by atoms with van der Waals surface area (Å²) in [4.78, 5) is 3.29. The van der Waals surface area contributed by atoms with Crippen LogP contribution in [0.5, 0.6) is 0 Å². The molecule has 5 rings (SSSR count). The first-order valence-corrected chi connectivity index (χ1v) is 7.15. The molecule has 1 aromatic rings. The fourth-order valence-electron chi connectivity index (χ4n) is 5.50. The maximum Gasteiger partial charge on any atom is 0.0196 e. The van der Waals surface area contributed by atoms with Crippen LogP contribution in [-0.2, 0) is 12.0 Å². The highest BCUT2D eigenvalue weighted by atomic mass is 14.7. The predicted octanol–water partition coefficient (Wildman–Crippen LogP) is 2.94. The Kier molecular flexibility index (Phi) is 2.03. The molecule has 0 aromatic carbocycles. The number of aromatic amines is 1. The lowest BCUT2D eigenvalue weighted by Crippen LogP contribution is -2.48. The predicted molar refractivity (Wildman–Crippen MR) is 68.5 cm³/mol. The van der Waals surface area contributed by atoms with Gasteiger partial charge in [0.2, 0.25) is 0 Å². The fourth-order valence-corrected chi connectivity index (χ4v) is 5.50. The largest absolute Gasteiger partial charge is 0.367 e. The Hall–Kier alpha value is -0.760. The van der Waals surface area contributed by atoms with Crippen molar-refractivity contribution in [2.24, 2.45) is 23.5 Å². The Morgan fingerprint density at radius 2 is 1.65 bits per heavy atom. The fraction of sp³-hybridized carbons (Fsp3) is 0.733. The highest BCUT2D eigenvalue weighted by Crippen LogP contribution is 2.61. The summed E-state index contributed by atoms with van der Waals surface area (Å²) in [6.07, 6.45) is 13.2. The van der Waals surface area contributed by atoms with Gasteiger partial charge in [-0.3, -0.25) is 0 Å². The summed E-state index contributed by atoms with van der Waals surface area (Å²) in [7, 11) is 0. The van der Waals surface area contributed by atoms with Crippen LogP contribution in [-0.4, -0.2) is 4.98 Å². The van der Waals surface area contributed by atoms with Gasteiger partial charge in [-0.25, -0.2) is 0 Å². The molecule has 2 heteroatoms. The number of aromatic nitrogens is 1. The molecule has 4 aliphatic carbocycles. The SMILES string of the molecule is NCc1c[nH]cc1C12CC3CC(CC(C3)C1)C2. The average molecular weight is 230 g/mol. The van der Waals surface area contributed by atoms with Gasteiger partial charge in [-0.05, 0) is 72.8 Å². The Bertz CT molecular complexity index is 397. The van der Waals surface area contributed by atoms with Crippen LogP contribution in [0.2, 0.25) is 0 Å². The van der Waals surface area contributed by atoms with E-state index < -0.39 is 0 Å². The van der Waals surface area contributed by atoms with Crippen LogP contribution in [0.25, 0.3) is 0 Å². The molecule has 2 nitrogen and oxygen atoms in total. The van der Waals surface area contributed by atoms with Crippen LogP contribution in [0.3, 0.4) is 0 Å². The maximum atomic E-state index is 5.89. The third-order valence-corrected chi connectivity index (χ3v) is 5.66. The lowest BCUT2D eigenvalue weighted by Gasteiger charge is -2.57. The molecule has 0 atom stereocenters. The average Bonchev–Trinajstić information content (AvgIpc) is 2.75. The highest BCUT2D eigenvalue weighted by Gasteiger charge is 2.52. The zero-order valence-electron chi connectivity index (χ0n) is 10.4. The maximum absolute atomic E-state index is 5.89. The topological polar surface area (TPSA) is 41.8 Å². The highest BCUT2D eigenvalue weighted by molar-refractivity contribution is 5.34. The van der Waals surface area contributed by atoms with E-state index in [-0.39, 0.29) is 0 Å². The van der Waals surface area contributed by atoms with Crippen LogP contribution in [0.15, 0.2) is 12.4 Å². The molecule has 1 heterocycles. The minimum Gasteiger partial charge on any atom is -0.367 e. The van der Waals surface area contributed by atoms with Gasteiger partial charge in [-0.15, -0.1) is 0 Å². The van der Waals surface area contributed by atoms with Gasteiger partial charge in [-0.1, -0.05) is 0 Å². The van der Waals surface area contributed by atoms with Crippen molar-refractivity contribution in [2.45, 2.75) is 50.5 Å². The van der Waals surface area contributed by atoms with Gasteiger partial charge in [-0.2, -0.15) is 0 Å². The second kappa shape index (κ2) is 3.38. The quantitative estimate of drug-likeness (QED) is 0.806. The van der Waals surface area contributed by atoms with E-state index in [9.17, 15) is 0 Å². The standard InChI is InChI=1S/C15H22N2/c16-7-13-8-17-9-14(13)15-4-10-1-11(5-15)3-12(2-10)6-15/h8-12,17H,1-7,16H2. The van der Waals surface area contributed by atoms with E-state index in [2.05, 4.69) is 17.4 Å². The molecular weight excluding hydrogens is 208 g/mol. The van der Waals surface area contributed by atoms with E-state index in [0.717, 1.165) is 17.8 Å². The number of hydrogen-bond acceptors (Lipinski definition) is 1. The minimum absolute atomic E-state index is 0.503. The van der Waals surface area contributed by atoms with Crippen molar-refractivity contribution < 1.29 is 0 Å². The lowest BCUT2D eigenvalue weighted by atomic mass is 9.48. The van der Waals surface area contributed by atoms with E-state index in [4.69, 9.17) is 5.73 Å². The molecule has 4 saturated carbocycles. The summed E-state index contributed by atoms with van der Waals surface area (Å²) in [5.74, 6) is 3.05. The monoisotopic (exact) mass is 230 g/mol. The zero-order valence-corrected chi connectivity index (χ0v) is 10.4. The van der Waals surface area contributed by atoms with Crippen molar-refractivity contribution in [3.8, 4) is 0 Å². The van der Waals surface area contributed by atoms with E-state index >= 15 is 0 Å². The molecule has 1 aromatic heterocycles. The number of nitrogens with one attached hydrogen (secondary N) is 1. The first kappa shape index (κ1) is 10.2. The van der Waals surface area contributed by atoms with Crippen molar-refractivity contribution in [1.29, 1.82) is 0 Å². The summed E-state index contributed by atoms with van der Waals surface area (Å²) < 4.78 is 0. The smallest absolute Gasteiger partial charge is 0.0196 e. The number of hydrogen-bond donors (Lipinski definition) is 2. The van der Waals surface area contributed by atoms with E-state index in [1.165, 1.54) is 44.1 Å². The Labute approximate surface area is 103 Å². The van der Waals surface area contributed by atoms with Gasteiger partial charge in [0, 0.05) is 18.9 Å². The summed E-state index contributed by atoms with van der Waals surface area (Å²) in [5, 5.41) is 0. The van der Waals surface area contributed by atoms with Crippen molar-refractivity contribution >= 4 is 0 Å². The first-order chi connectivity index (χ1) is 8.29. The Balaban J connectivity index is 1.77. The van der Waals surface area contributed by atoms with Gasteiger partial charge < -0.3 is 10.7 Å². The molecule has 0 amide bonds. The van der Waals surface area contributed by atoms with Gasteiger partial charge in [0.1, 0.15) is 0 Å². The first-order valence-electron chi connectivity index (χ1n) is 7.15.